The molecule has 0 aromatic heterocycles. The minimum absolute atomic E-state index is 0.0404. The number of hydrogen-bond donors (Lipinski definition) is 1. The van der Waals surface area contributed by atoms with Crippen molar-refractivity contribution in [2.75, 3.05) is 11.5 Å². The monoisotopic (exact) mass is 539 g/mol. The molecule has 1 aliphatic rings. The van der Waals surface area contributed by atoms with Gasteiger partial charge in [0.05, 0.1) is 23.6 Å². The minimum atomic E-state index is -3.42. The molecule has 0 saturated carbocycles. The fourth-order valence-electron chi connectivity index (χ4n) is 5.09. The number of halogens is 2. The molecule has 2 aromatic rings. The number of likely N-dealkylation sites (tertiary alicyclic amines) is 1. The molecule has 1 aliphatic heterocycles. The van der Waals surface area contributed by atoms with Gasteiger partial charge in [0.25, 0.3) is 0 Å². The van der Waals surface area contributed by atoms with Crippen molar-refractivity contribution in [3.63, 3.8) is 0 Å². The first kappa shape index (κ1) is 27.5. The van der Waals surface area contributed by atoms with Crippen LogP contribution in [0.4, 0.5) is 0 Å². The van der Waals surface area contributed by atoms with E-state index in [1.165, 1.54) is 0 Å². The summed E-state index contributed by atoms with van der Waals surface area (Å²) in [6, 6.07) is 13.3. The molecule has 2 aromatic carbocycles. The molecule has 1 N–H and O–H groups in total. The van der Waals surface area contributed by atoms with Crippen LogP contribution >= 0.6 is 23.2 Å². The van der Waals surface area contributed by atoms with E-state index < -0.39 is 33.3 Å². The Hall–Kier alpha value is -2.09. The van der Waals surface area contributed by atoms with Gasteiger partial charge in [0, 0.05) is 27.8 Å². The van der Waals surface area contributed by atoms with Crippen LogP contribution in [0.3, 0.4) is 0 Å². The topological polar surface area (TPSA) is 91.8 Å². The number of carboxylic acids is 1. The molecule has 6 nitrogen and oxygen atoms in total. The van der Waals surface area contributed by atoms with Crippen molar-refractivity contribution in [3.05, 3.63) is 69.7 Å². The largest absolute Gasteiger partial charge is 0.481 e. The quantitative estimate of drug-likeness (QED) is 0.438. The number of rotatable bonds is 9. The Morgan fingerprint density at radius 2 is 1.77 bits per heavy atom. The lowest BCUT2D eigenvalue weighted by molar-refractivity contribution is -0.160. The number of piperidine rings is 1. The second-order valence-corrected chi connectivity index (χ2v) is 12.7. The van der Waals surface area contributed by atoms with Gasteiger partial charge in [-0.1, -0.05) is 68.2 Å². The molecule has 0 unspecified atom stereocenters. The smallest absolute Gasteiger partial charge is 0.304 e. The van der Waals surface area contributed by atoms with Gasteiger partial charge in [-0.2, -0.15) is 0 Å². The molecule has 9 heteroatoms. The molecule has 0 aliphatic carbocycles. The maximum atomic E-state index is 14.1. The van der Waals surface area contributed by atoms with Crippen LogP contribution in [0.1, 0.15) is 63.1 Å². The summed E-state index contributed by atoms with van der Waals surface area (Å²) in [5, 5.41) is 10.7. The third-order valence-electron chi connectivity index (χ3n) is 6.88. The van der Waals surface area contributed by atoms with E-state index >= 15 is 0 Å². The number of sulfone groups is 1. The summed E-state index contributed by atoms with van der Waals surface area (Å²) in [6.45, 7) is 5.09. The van der Waals surface area contributed by atoms with Crippen LogP contribution in [0, 0.1) is 5.41 Å². The van der Waals surface area contributed by atoms with Gasteiger partial charge in [-0.25, -0.2) is 8.42 Å². The van der Waals surface area contributed by atoms with Crippen LogP contribution < -0.4 is 0 Å². The molecule has 3 rings (SSSR count). The van der Waals surface area contributed by atoms with E-state index in [0.717, 1.165) is 11.1 Å². The number of aliphatic carboxylic acids is 1. The Kier molecular flexibility index (Phi) is 8.56. The highest BCUT2D eigenvalue weighted by Gasteiger charge is 2.52. The molecule has 0 radical (unpaired) electrons. The molecule has 1 fully saturated rings. The molecule has 1 amide bonds. The number of amides is 1. The average Bonchev–Trinajstić information content (AvgIpc) is 2.79. The fourth-order valence-corrected chi connectivity index (χ4v) is 6.63. The Balaban J connectivity index is 2.26. The third-order valence-corrected chi connectivity index (χ3v) is 9.14. The van der Waals surface area contributed by atoms with Crippen LogP contribution in [0.5, 0.6) is 0 Å². The second kappa shape index (κ2) is 10.9. The SMILES string of the molecule is CC[C@@H](CS(=O)(=O)CC)N1C(=O)[C@@](C)(CC(=O)O)C[C@H](c2cccc(Cl)c2)[C@H]1c1ccc(Cl)cc1. The van der Waals surface area contributed by atoms with E-state index in [1.54, 1.807) is 36.9 Å². The molecule has 0 bridgehead atoms. The van der Waals surface area contributed by atoms with Crippen molar-refractivity contribution in [2.24, 2.45) is 5.41 Å². The molecule has 1 saturated heterocycles. The van der Waals surface area contributed by atoms with Gasteiger partial charge in [-0.05, 0) is 48.2 Å². The van der Waals surface area contributed by atoms with Gasteiger partial charge in [-0.15, -0.1) is 0 Å². The zero-order valence-electron chi connectivity index (χ0n) is 20.1. The third kappa shape index (κ3) is 6.19. The summed E-state index contributed by atoms with van der Waals surface area (Å²) in [4.78, 5) is 27.5. The lowest BCUT2D eigenvalue weighted by Gasteiger charge is -2.51. The lowest BCUT2D eigenvalue weighted by atomic mass is 9.67. The summed E-state index contributed by atoms with van der Waals surface area (Å²) >= 11 is 12.5. The number of carbonyl (C=O) groups is 2. The van der Waals surface area contributed by atoms with E-state index in [4.69, 9.17) is 23.2 Å². The predicted molar refractivity (Wildman–Crippen MR) is 139 cm³/mol. The first-order valence-corrected chi connectivity index (χ1v) is 14.2. The van der Waals surface area contributed by atoms with E-state index in [1.807, 2.05) is 37.3 Å². The van der Waals surface area contributed by atoms with Crippen molar-refractivity contribution in [2.45, 2.75) is 58.0 Å². The van der Waals surface area contributed by atoms with Gasteiger partial charge < -0.3 is 10.0 Å². The highest BCUT2D eigenvalue weighted by atomic mass is 35.5. The van der Waals surface area contributed by atoms with Gasteiger partial charge in [0.15, 0.2) is 9.84 Å². The molecule has 4 atom stereocenters. The van der Waals surface area contributed by atoms with Crippen LogP contribution in [-0.2, 0) is 19.4 Å². The lowest BCUT2D eigenvalue weighted by Crippen LogP contribution is -2.57. The normalized spacial score (nSPS) is 23.8. The Bertz CT molecular complexity index is 1180. The summed E-state index contributed by atoms with van der Waals surface area (Å²) in [7, 11) is -3.42. The Morgan fingerprint density at radius 3 is 2.31 bits per heavy atom. The van der Waals surface area contributed by atoms with Gasteiger partial charge in [-0.3, -0.25) is 9.59 Å². The number of nitrogens with zero attached hydrogens (tertiary/aromatic N) is 1. The first-order valence-electron chi connectivity index (χ1n) is 11.7. The van der Waals surface area contributed by atoms with Crippen molar-refractivity contribution < 1.29 is 23.1 Å². The second-order valence-electron chi connectivity index (χ2n) is 9.47. The summed E-state index contributed by atoms with van der Waals surface area (Å²) < 4.78 is 25.3. The van der Waals surface area contributed by atoms with Crippen LogP contribution in [0.2, 0.25) is 10.0 Å². The number of carboxylic acid groups (broad SMARTS) is 1. The summed E-state index contributed by atoms with van der Waals surface area (Å²) in [5.74, 6) is -1.97. The van der Waals surface area contributed by atoms with Crippen molar-refractivity contribution in [3.8, 4) is 0 Å². The number of benzene rings is 2. The zero-order valence-corrected chi connectivity index (χ0v) is 22.4. The van der Waals surface area contributed by atoms with Crippen molar-refractivity contribution in [1.29, 1.82) is 0 Å². The van der Waals surface area contributed by atoms with Gasteiger partial charge >= 0.3 is 5.97 Å². The van der Waals surface area contributed by atoms with E-state index in [9.17, 15) is 23.1 Å². The molecule has 1 heterocycles. The van der Waals surface area contributed by atoms with Crippen molar-refractivity contribution in [1.82, 2.24) is 4.90 Å². The summed E-state index contributed by atoms with van der Waals surface area (Å²) in [5.41, 5.74) is 0.447. The highest BCUT2D eigenvalue weighted by Crippen LogP contribution is 2.52. The molecular weight excluding hydrogens is 509 g/mol. The van der Waals surface area contributed by atoms with E-state index in [2.05, 4.69) is 0 Å². The summed E-state index contributed by atoms with van der Waals surface area (Å²) in [6.07, 6.45) is 0.323. The van der Waals surface area contributed by atoms with Crippen LogP contribution in [0.25, 0.3) is 0 Å². The van der Waals surface area contributed by atoms with Crippen LogP contribution in [0.15, 0.2) is 48.5 Å². The van der Waals surface area contributed by atoms with Gasteiger partial charge in [0.1, 0.15) is 0 Å². The Morgan fingerprint density at radius 1 is 1.11 bits per heavy atom. The minimum Gasteiger partial charge on any atom is -0.481 e. The van der Waals surface area contributed by atoms with E-state index in [0.29, 0.717) is 16.5 Å². The Labute approximate surface area is 217 Å². The number of carbonyl (C=O) groups excluding carboxylic acids is 1. The predicted octanol–water partition coefficient (Wildman–Crippen LogP) is 5.74. The fraction of sp³-hybridized carbons (Fsp3) is 0.462. The van der Waals surface area contributed by atoms with Crippen LogP contribution in [-0.4, -0.2) is 47.8 Å². The molecular formula is C26H31Cl2NO5S. The van der Waals surface area contributed by atoms with Gasteiger partial charge in [0.2, 0.25) is 5.91 Å². The van der Waals surface area contributed by atoms with E-state index in [-0.39, 0.29) is 36.2 Å². The maximum absolute atomic E-state index is 14.1. The molecule has 0 spiro atoms. The molecule has 35 heavy (non-hydrogen) atoms. The first-order chi connectivity index (χ1) is 16.4. The van der Waals surface area contributed by atoms with Crippen molar-refractivity contribution >= 4 is 44.9 Å². The number of hydrogen-bond acceptors (Lipinski definition) is 4. The highest BCUT2D eigenvalue weighted by molar-refractivity contribution is 7.91. The standard InChI is InChI=1S/C26H31Cl2NO5S/c1-4-21(16-35(33,34)5-2)29-24(17-9-11-19(27)12-10-17)22(18-7-6-8-20(28)13-18)14-26(3,25(29)32)15-23(30)31/h6-13,21-22,24H,4-5,14-16H2,1-3H3,(H,30,31)/t21-,22+,24+,26+/m0/s1. The maximum Gasteiger partial charge on any atom is 0.304 e. The average molecular weight is 541 g/mol. The zero-order chi connectivity index (χ0) is 26.0. The molecule has 190 valence electrons.